The number of nitrogens with one attached hydrogen (secondary N) is 1. The third-order valence-electron chi connectivity index (χ3n) is 3.30. The second-order valence-electron chi connectivity index (χ2n) is 5.15. The van der Waals surface area contributed by atoms with Crippen molar-refractivity contribution in [1.29, 1.82) is 0 Å². The van der Waals surface area contributed by atoms with Crippen molar-refractivity contribution in [1.82, 2.24) is 20.3 Å². The summed E-state index contributed by atoms with van der Waals surface area (Å²) in [6.45, 7) is 5.56. The number of nitrogens with zero attached hydrogens (tertiary/aromatic N) is 3. The van der Waals surface area contributed by atoms with Gasteiger partial charge in [-0.3, -0.25) is 4.79 Å². The largest absolute Gasteiger partial charge is 0.464 e. The Hall–Kier alpha value is -2.54. The molecule has 0 aliphatic rings. The molecule has 0 aromatic carbocycles. The van der Waals surface area contributed by atoms with Gasteiger partial charge in [0.15, 0.2) is 10.8 Å². The molecule has 0 fully saturated rings. The van der Waals surface area contributed by atoms with Gasteiger partial charge in [-0.25, -0.2) is 15.0 Å². The summed E-state index contributed by atoms with van der Waals surface area (Å²) in [5, 5.41) is 3.56. The van der Waals surface area contributed by atoms with E-state index in [1.165, 1.54) is 11.3 Å². The van der Waals surface area contributed by atoms with E-state index in [-0.39, 0.29) is 11.9 Å². The average Bonchev–Trinajstić information content (AvgIpc) is 3.14. The molecule has 3 rings (SSSR count). The van der Waals surface area contributed by atoms with Gasteiger partial charge in [0.05, 0.1) is 11.7 Å². The molecule has 3 aromatic heterocycles. The lowest BCUT2D eigenvalue weighted by atomic mass is 10.2. The molecule has 0 aliphatic carbocycles. The number of aromatic nitrogens is 3. The fourth-order valence-corrected chi connectivity index (χ4v) is 3.05. The summed E-state index contributed by atoms with van der Waals surface area (Å²) in [5.41, 5.74) is 0.665. The first-order valence-corrected chi connectivity index (χ1v) is 7.98. The van der Waals surface area contributed by atoms with E-state index in [0.29, 0.717) is 21.4 Å². The van der Waals surface area contributed by atoms with E-state index in [1.807, 2.05) is 26.0 Å². The molecule has 0 radical (unpaired) electrons. The van der Waals surface area contributed by atoms with Crippen LogP contribution in [0.5, 0.6) is 0 Å². The summed E-state index contributed by atoms with van der Waals surface area (Å²) in [6, 6.07) is 5.27. The minimum atomic E-state index is -0.214. The minimum absolute atomic E-state index is 0.177. The number of carbonyl (C=O) groups excluding carboxylic acids is 1. The number of hydrogen-bond acceptors (Lipinski definition) is 6. The Morgan fingerprint density at radius 2 is 2.00 bits per heavy atom. The van der Waals surface area contributed by atoms with Crippen LogP contribution in [0.3, 0.4) is 0 Å². The smallest absolute Gasteiger partial charge is 0.263 e. The lowest BCUT2D eigenvalue weighted by molar-refractivity contribution is 0.0938. The van der Waals surface area contributed by atoms with Gasteiger partial charge in [0.1, 0.15) is 16.4 Å². The highest BCUT2D eigenvalue weighted by Gasteiger charge is 2.20. The zero-order chi connectivity index (χ0) is 16.4. The van der Waals surface area contributed by atoms with Gasteiger partial charge in [-0.15, -0.1) is 11.3 Å². The number of amides is 1. The second kappa shape index (κ2) is 6.29. The topological polar surface area (TPSA) is 80.9 Å². The van der Waals surface area contributed by atoms with Crippen LogP contribution in [0.2, 0.25) is 0 Å². The maximum absolute atomic E-state index is 12.5. The van der Waals surface area contributed by atoms with Crippen molar-refractivity contribution in [3.05, 3.63) is 52.7 Å². The molecule has 0 unspecified atom stereocenters. The molecule has 0 saturated heterocycles. The first-order chi connectivity index (χ1) is 11.0. The van der Waals surface area contributed by atoms with Gasteiger partial charge >= 0.3 is 0 Å². The fraction of sp³-hybridized carbons (Fsp3) is 0.250. The predicted octanol–water partition coefficient (Wildman–Crippen LogP) is 3.30. The van der Waals surface area contributed by atoms with Crippen LogP contribution in [-0.4, -0.2) is 20.9 Å². The first-order valence-electron chi connectivity index (χ1n) is 7.16. The molecule has 1 amide bonds. The maximum Gasteiger partial charge on any atom is 0.263 e. The quantitative estimate of drug-likeness (QED) is 0.794. The van der Waals surface area contributed by atoms with Gasteiger partial charge in [0.2, 0.25) is 0 Å². The summed E-state index contributed by atoms with van der Waals surface area (Å²) >= 11 is 1.28. The van der Waals surface area contributed by atoms with Gasteiger partial charge in [0, 0.05) is 12.4 Å². The Kier molecular flexibility index (Phi) is 4.20. The van der Waals surface area contributed by atoms with E-state index in [4.69, 9.17) is 4.42 Å². The third kappa shape index (κ3) is 3.29. The summed E-state index contributed by atoms with van der Waals surface area (Å²) in [7, 11) is 0. The predicted molar refractivity (Wildman–Crippen MR) is 87.2 cm³/mol. The second-order valence-corrected chi connectivity index (χ2v) is 6.15. The van der Waals surface area contributed by atoms with E-state index >= 15 is 0 Å². The number of carbonyl (C=O) groups is 1. The van der Waals surface area contributed by atoms with E-state index in [2.05, 4.69) is 20.3 Å². The van der Waals surface area contributed by atoms with E-state index in [9.17, 15) is 4.79 Å². The summed E-state index contributed by atoms with van der Waals surface area (Å²) in [6.07, 6.45) is 3.31. The van der Waals surface area contributed by atoms with Crippen LogP contribution < -0.4 is 5.32 Å². The Morgan fingerprint density at radius 3 is 2.65 bits per heavy atom. The van der Waals surface area contributed by atoms with E-state index < -0.39 is 0 Å². The number of aryl methyl sites for hydroxylation is 2. The summed E-state index contributed by atoms with van der Waals surface area (Å²) in [5.74, 6) is 1.89. The van der Waals surface area contributed by atoms with Gasteiger partial charge in [-0.05, 0) is 39.0 Å². The van der Waals surface area contributed by atoms with Crippen molar-refractivity contribution in [2.75, 3.05) is 0 Å². The van der Waals surface area contributed by atoms with Crippen molar-refractivity contribution >= 4 is 17.2 Å². The van der Waals surface area contributed by atoms with Crippen LogP contribution >= 0.6 is 11.3 Å². The lowest BCUT2D eigenvalue weighted by Gasteiger charge is -2.10. The zero-order valence-corrected chi connectivity index (χ0v) is 13.8. The Labute approximate surface area is 137 Å². The van der Waals surface area contributed by atoms with Crippen LogP contribution in [0.4, 0.5) is 0 Å². The first kappa shape index (κ1) is 15.4. The molecular formula is C16H16N4O2S. The Morgan fingerprint density at radius 1 is 1.26 bits per heavy atom. The van der Waals surface area contributed by atoms with Crippen LogP contribution in [-0.2, 0) is 0 Å². The van der Waals surface area contributed by atoms with Gasteiger partial charge in [-0.2, -0.15) is 0 Å². The normalized spacial score (nSPS) is 12.1. The summed E-state index contributed by atoms with van der Waals surface area (Å²) in [4.78, 5) is 25.8. The number of furan rings is 1. The SMILES string of the molecule is Cc1ccc([C@@H](C)NC(=O)c2sc(-c3ncccn3)nc2C)o1. The van der Waals surface area contributed by atoms with Crippen molar-refractivity contribution in [3.63, 3.8) is 0 Å². The molecule has 1 N–H and O–H groups in total. The summed E-state index contributed by atoms with van der Waals surface area (Å²) < 4.78 is 5.54. The highest BCUT2D eigenvalue weighted by molar-refractivity contribution is 7.17. The lowest BCUT2D eigenvalue weighted by Crippen LogP contribution is -2.26. The molecule has 0 aliphatic heterocycles. The Balaban J connectivity index is 1.79. The highest BCUT2D eigenvalue weighted by Crippen LogP contribution is 2.26. The van der Waals surface area contributed by atoms with Crippen molar-refractivity contribution in [2.24, 2.45) is 0 Å². The highest BCUT2D eigenvalue weighted by atomic mass is 32.1. The standard InChI is InChI=1S/C16H16N4O2S/c1-9-5-6-12(22-9)10(2)19-15(21)13-11(3)20-16(23-13)14-17-7-4-8-18-14/h4-8,10H,1-3H3,(H,19,21)/t10-/m1/s1. The van der Waals surface area contributed by atoms with Crippen LogP contribution in [0.1, 0.15) is 39.9 Å². The average molecular weight is 328 g/mol. The van der Waals surface area contributed by atoms with Crippen LogP contribution in [0, 0.1) is 13.8 Å². The molecule has 3 heterocycles. The molecule has 6 nitrogen and oxygen atoms in total. The molecule has 0 bridgehead atoms. The van der Waals surface area contributed by atoms with Crippen LogP contribution in [0.25, 0.3) is 10.8 Å². The molecule has 0 saturated carbocycles. The van der Waals surface area contributed by atoms with Crippen molar-refractivity contribution in [3.8, 4) is 10.8 Å². The molecular weight excluding hydrogens is 312 g/mol. The zero-order valence-electron chi connectivity index (χ0n) is 13.0. The Bertz CT molecular complexity index is 826. The third-order valence-corrected chi connectivity index (χ3v) is 4.45. The fourth-order valence-electron chi connectivity index (χ4n) is 2.13. The van der Waals surface area contributed by atoms with E-state index in [1.54, 1.807) is 25.4 Å². The van der Waals surface area contributed by atoms with Gasteiger partial charge < -0.3 is 9.73 Å². The molecule has 0 spiro atoms. The number of rotatable bonds is 4. The van der Waals surface area contributed by atoms with Crippen molar-refractivity contribution in [2.45, 2.75) is 26.8 Å². The van der Waals surface area contributed by atoms with E-state index in [0.717, 1.165) is 11.5 Å². The molecule has 23 heavy (non-hydrogen) atoms. The van der Waals surface area contributed by atoms with Gasteiger partial charge in [0.25, 0.3) is 5.91 Å². The molecule has 3 aromatic rings. The monoisotopic (exact) mass is 328 g/mol. The molecule has 1 atom stereocenters. The van der Waals surface area contributed by atoms with Gasteiger partial charge in [-0.1, -0.05) is 0 Å². The number of thiazole rings is 1. The minimum Gasteiger partial charge on any atom is -0.464 e. The molecule has 118 valence electrons. The number of hydrogen-bond donors (Lipinski definition) is 1. The maximum atomic E-state index is 12.5. The van der Waals surface area contributed by atoms with Crippen LogP contribution in [0.15, 0.2) is 35.0 Å². The molecule has 7 heteroatoms. The van der Waals surface area contributed by atoms with Crippen molar-refractivity contribution < 1.29 is 9.21 Å².